The Morgan fingerprint density at radius 3 is 2.10 bits per heavy atom. The molecule has 2 aromatic rings. The van der Waals surface area contributed by atoms with Gasteiger partial charge in [-0.2, -0.15) is 0 Å². The van der Waals surface area contributed by atoms with Gasteiger partial charge in [-0.15, -0.1) is 0 Å². The van der Waals surface area contributed by atoms with Gasteiger partial charge in [-0.05, 0) is 39.8 Å². The van der Waals surface area contributed by atoms with Crippen LogP contribution >= 0.6 is 0 Å². The molecule has 2 atom stereocenters. The van der Waals surface area contributed by atoms with E-state index < -0.39 is 0 Å². The fourth-order valence-electron chi connectivity index (χ4n) is 5.04. The van der Waals surface area contributed by atoms with Gasteiger partial charge in [0.15, 0.2) is 0 Å². The van der Waals surface area contributed by atoms with Crippen molar-refractivity contribution in [3.05, 3.63) is 34.5 Å². The first-order valence-electron chi connectivity index (χ1n) is 11.2. The Morgan fingerprint density at radius 1 is 1.00 bits per heavy atom. The van der Waals surface area contributed by atoms with Gasteiger partial charge in [0, 0.05) is 39.8 Å². The van der Waals surface area contributed by atoms with Crippen LogP contribution in [0.4, 0.5) is 0 Å². The summed E-state index contributed by atoms with van der Waals surface area (Å²) in [6.07, 6.45) is 2.17. The third-order valence-corrected chi connectivity index (χ3v) is 6.60. The second-order valence-electron chi connectivity index (χ2n) is 12.4. The summed E-state index contributed by atoms with van der Waals surface area (Å²) >= 11 is 0. The van der Waals surface area contributed by atoms with Gasteiger partial charge in [-0.3, -0.25) is 0 Å². The summed E-state index contributed by atoms with van der Waals surface area (Å²) in [4.78, 5) is 2.27. The van der Waals surface area contributed by atoms with Crippen molar-refractivity contribution in [3.8, 4) is 0 Å². The van der Waals surface area contributed by atoms with Crippen LogP contribution in [0.2, 0.25) is 0 Å². The zero-order chi connectivity index (χ0) is 22.7. The van der Waals surface area contributed by atoms with E-state index in [9.17, 15) is 0 Å². The molecule has 1 aliphatic rings. The van der Waals surface area contributed by atoms with Crippen molar-refractivity contribution < 1.29 is 9.05 Å². The lowest BCUT2D eigenvalue weighted by Crippen LogP contribution is -2.30. The van der Waals surface area contributed by atoms with E-state index >= 15 is 0 Å². The van der Waals surface area contributed by atoms with Crippen LogP contribution in [0.25, 0.3) is 0 Å². The van der Waals surface area contributed by atoms with E-state index in [0.29, 0.717) is 5.92 Å². The molecule has 0 saturated heterocycles. The molecule has 0 aromatic carbocycles. The fraction of sp³-hybridized carbons (Fsp3) is 0.760. The van der Waals surface area contributed by atoms with Crippen molar-refractivity contribution in [1.29, 1.82) is 0 Å². The molecule has 0 bridgehead atoms. The maximum Gasteiger partial charge on any atom is 0.145 e. The molecule has 1 saturated carbocycles. The second-order valence-corrected chi connectivity index (χ2v) is 12.4. The normalized spacial score (nSPS) is 22.7. The first kappa shape index (κ1) is 23.1. The molecular weight excluding hydrogens is 374 g/mol. The van der Waals surface area contributed by atoms with Gasteiger partial charge < -0.3 is 13.9 Å². The highest BCUT2D eigenvalue weighted by Gasteiger charge is 2.59. The predicted octanol–water partition coefficient (Wildman–Crippen LogP) is 5.75. The summed E-state index contributed by atoms with van der Waals surface area (Å²) in [5, 5.41) is 8.98. The van der Waals surface area contributed by atoms with E-state index in [-0.39, 0.29) is 21.7 Å². The number of likely N-dealkylation sites (N-methyl/N-ethyl adjacent to an activating group) is 1. The maximum absolute atomic E-state index is 5.92. The highest BCUT2D eigenvalue weighted by atomic mass is 16.5. The molecule has 30 heavy (non-hydrogen) atoms. The first-order chi connectivity index (χ1) is 13.6. The van der Waals surface area contributed by atoms with Crippen LogP contribution in [0, 0.1) is 12.8 Å². The van der Waals surface area contributed by atoms with Crippen LogP contribution < -0.4 is 0 Å². The molecule has 0 aliphatic heterocycles. The minimum atomic E-state index is -0.0874. The molecular formula is C25H41N3O2. The summed E-state index contributed by atoms with van der Waals surface area (Å²) in [6.45, 7) is 20.8. The molecule has 168 valence electrons. The molecule has 2 heterocycles. The molecule has 0 N–H and O–H groups in total. The standard InChI is InChI=1S/C25H41N3O2/c1-16-20(23(5,6)7)27-30-21(16)24(8,9)13-17-14-25(17,15-28(10)11)18-12-19(29-26-18)22(2,3)4/h12,17H,13-15H2,1-11H3. The van der Waals surface area contributed by atoms with Gasteiger partial charge >= 0.3 is 0 Å². The van der Waals surface area contributed by atoms with Crippen molar-refractivity contribution in [2.75, 3.05) is 20.6 Å². The van der Waals surface area contributed by atoms with Gasteiger partial charge in [-0.25, -0.2) is 0 Å². The zero-order valence-corrected chi connectivity index (χ0v) is 20.9. The van der Waals surface area contributed by atoms with Crippen LogP contribution in [-0.4, -0.2) is 35.9 Å². The highest BCUT2D eigenvalue weighted by Crippen LogP contribution is 2.59. The van der Waals surface area contributed by atoms with Gasteiger partial charge in [0.2, 0.25) is 0 Å². The Kier molecular flexibility index (Phi) is 5.55. The largest absolute Gasteiger partial charge is 0.361 e. The Balaban J connectivity index is 1.87. The van der Waals surface area contributed by atoms with Crippen molar-refractivity contribution in [2.24, 2.45) is 5.92 Å². The number of hydrogen-bond acceptors (Lipinski definition) is 5. The first-order valence-corrected chi connectivity index (χ1v) is 11.2. The Morgan fingerprint density at radius 2 is 1.63 bits per heavy atom. The average Bonchev–Trinajstić information content (AvgIpc) is 2.96. The highest BCUT2D eigenvalue weighted by molar-refractivity contribution is 5.34. The SMILES string of the molecule is Cc1c(C(C)(C)C)noc1C(C)(C)CC1CC1(CN(C)C)c1cc(C(C)(C)C)on1. The van der Waals surface area contributed by atoms with Crippen molar-refractivity contribution in [2.45, 2.75) is 96.8 Å². The molecule has 0 spiro atoms. The molecule has 5 nitrogen and oxygen atoms in total. The minimum absolute atomic E-state index is 0.0136. The summed E-state index contributed by atoms with van der Waals surface area (Å²) in [5.41, 5.74) is 3.28. The Hall–Kier alpha value is -1.62. The Bertz CT molecular complexity index is 892. The number of nitrogens with zero attached hydrogens (tertiary/aromatic N) is 3. The molecule has 5 heteroatoms. The monoisotopic (exact) mass is 415 g/mol. The van der Waals surface area contributed by atoms with Gasteiger partial charge in [0.05, 0.1) is 11.4 Å². The second kappa shape index (κ2) is 7.22. The summed E-state index contributed by atoms with van der Waals surface area (Å²) in [6, 6.07) is 2.19. The lowest BCUT2D eigenvalue weighted by atomic mass is 9.78. The smallest absolute Gasteiger partial charge is 0.145 e. The predicted molar refractivity (Wildman–Crippen MR) is 121 cm³/mol. The third kappa shape index (κ3) is 4.23. The summed E-state index contributed by atoms with van der Waals surface area (Å²) < 4.78 is 11.7. The van der Waals surface area contributed by atoms with E-state index in [1.54, 1.807) is 0 Å². The molecule has 2 unspecified atom stereocenters. The van der Waals surface area contributed by atoms with Crippen LogP contribution in [0.3, 0.4) is 0 Å². The van der Waals surface area contributed by atoms with Crippen LogP contribution in [0.15, 0.2) is 15.1 Å². The summed E-state index contributed by atoms with van der Waals surface area (Å²) in [5.74, 6) is 2.52. The van der Waals surface area contributed by atoms with Crippen LogP contribution in [-0.2, 0) is 21.7 Å². The van der Waals surface area contributed by atoms with Gasteiger partial charge in [0.1, 0.15) is 11.5 Å². The average molecular weight is 416 g/mol. The van der Waals surface area contributed by atoms with E-state index in [2.05, 4.69) is 97.7 Å². The van der Waals surface area contributed by atoms with Crippen molar-refractivity contribution in [1.82, 2.24) is 15.2 Å². The quantitative estimate of drug-likeness (QED) is 0.601. The third-order valence-electron chi connectivity index (χ3n) is 6.60. The number of hydrogen-bond donors (Lipinski definition) is 0. The molecule has 1 aliphatic carbocycles. The number of aromatic nitrogens is 2. The van der Waals surface area contributed by atoms with Gasteiger partial charge in [-0.1, -0.05) is 65.7 Å². The molecule has 0 amide bonds. The minimum Gasteiger partial charge on any atom is -0.361 e. The molecule has 0 radical (unpaired) electrons. The molecule has 3 rings (SSSR count). The van der Waals surface area contributed by atoms with Gasteiger partial charge in [0.25, 0.3) is 0 Å². The van der Waals surface area contributed by atoms with Crippen LogP contribution in [0.1, 0.15) is 96.7 Å². The van der Waals surface area contributed by atoms with Crippen molar-refractivity contribution >= 4 is 0 Å². The Labute approximate surface area is 182 Å². The topological polar surface area (TPSA) is 55.3 Å². The van der Waals surface area contributed by atoms with Crippen LogP contribution in [0.5, 0.6) is 0 Å². The van der Waals surface area contributed by atoms with E-state index in [0.717, 1.165) is 42.3 Å². The lowest BCUT2D eigenvalue weighted by molar-refractivity contribution is 0.270. The fourth-order valence-corrected chi connectivity index (χ4v) is 5.04. The number of rotatable bonds is 6. The van der Waals surface area contributed by atoms with E-state index in [4.69, 9.17) is 9.05 Å². The summed E-state index contributed by atoms with van der Waals surface area (Å²) in [7, 11) is 4.28. The van der Waals surface area contributed by atoms with E-state index in [1.807, 2.05) is 0 Å². The molecule has 2 aromatic heterocycles. The molecule has 1 fully saturated rings. The zero-order valence-electron chi connectivity index (χ0n) is 20.9. The lowest BCUT2D eigenvalue weighted by Gasteiger charge is -2.26. The van der Waals surface area contributed by atoms with Crippen molar-refractivity contribution in [3.63, 3.8) is 0 Å². The van der Waals surface area contributed by atoms with E-state index in [1.165, 1.54) is 5.56 Å². The maximum atomic E-state index is 5.92.